The van der Waals surface area contributed by atoms with Gasteiger partial charge in [-0.3, -0.25) is 4.79 Å². The highest BCUT2D eigenvalue weighted by Gasteiger charge is 2.13. The van der Waals surface area contributed by atoms with Gasteiger partial charge in [0, 0.05) is 6.42 Å². The molecule has 0 saturated heterocycles. The number of methoxy groups -OCH3 is 1. The minimum Gasteiger partial charge on any atom is -0.468 e. The van der Waals surface area contributed by atoms with E-state index in [-0.39, 0.29) is 6.42 Å². The van der Waals surface area contributed by atoms with E-state index in [1.54, 1.807) is 0 Å². The molecule has 3 nitrogen and oxygen atoms in total. The molecule has 0 fully saturated rings. The van der Waals surface area contributed by atoms with E-state index < -0.39 is 11.3 Å². The summed E-state index contributed by atoms with van der Waals surface area (Å²) in [7, 11) is 1.22. The lowest BCUT2D eigenvalue weighted by molar-refractivity contribution is -0.140. The first-order valence-corrected chi connectivity index (χ1v) is 2.81. The van der Waals surface area contributed by atoms with Crippen LogP contribution >= 0.6 is 11.6 Å². The van der Waals surface area contributed by atoms with Crippen LogP contribution in [0, 0.1) is 0 Å². The van der Waals surface area contributed by atoms with Crippen molar-refractivity contribution in [1.29, 1.82) is 0 Å². The van der Waals surface area contributed by atoms with E-state index in [0.717, 1.165) is 0 Å². The van der Waals surface area contributed by atoms with E-state index in [4.69, 9.17) is 11.6 Å². The lowest BCUT2D eigenvalue weighted by Gasteiger charge is -2.00. The second kappa shape index (κ2) is 4.32. The Morgan fingerprint density at radius 1 is 1.89 bits per heavy atom. The molecule has 0 saturated carbocycles. The van der Waals surface area contributed by atoms with Crippen LogP contribution in [0.25, 0.3) is 0 Å². The van der Waals surface area contributed by atoms with Crippen LogP contribution in [0.2, 0.25) is 0 Å². The summed E-state index contributed by atoms with van der Waals surface area (Å²) < 4.78 is 4.23. The molecule has 0 radical (unpaired) electrons. The zero-order valence-corrected chi connectivity index (χ0v) is 5.72. The number of ether oxygens (including phenoxy) is 1. The molecule has 52 valence electrons. The summed E-state index contributed by atoms with van der Waals surface area (Å²) in [5, 5.41) is -0.826. The minimum atomic E-state index is -0.826. The third kappa shape index (κ3) is 3.08. The number of carbonyl (C=O) groups is 2. The van der Waals surface area contributed by atoms with Gasteiger partial charge in [-0.2, -0.15) is 0 Å². The summed E-state index contributed by atoms with van der Waals surface area (Å²) in [6.45, 7) is 0. The zero-order chi connectivity index (χ0) is 7.28. The van der Waals surface area contributed by atoms with Crippen molar-refractivity contribution < 1.29 is 14.3 Å². The standard InChI is InChI=1S/C5H7ClO3/c1-9-5(8)4(6)2-3-7/h3-4H,2H2,1H3. The Kier molecular flexibility index (Phi) is 4.05. The maximum Gasteiger partial charge on any atom is 0.324 e. The summed E-state index contributed by atoms with van der Waals surface area (Å²) in [6, 6.07) is 0. The van der Waals surface area contributed by atoms with Gasteiger partial charge >= 0.3 is 5.97 Å². The van der Waals surface area contributed by atoms with Gasteiger partial charge in [-0.25, -0.2) is 0 Å². The number of hydrogen-bond donors (Lipinski definition) is 0. The minimum absolute atomic E-state index is 0.00816. The van der Waals surface area contributed by atoms with E-state index in [0.29, 0.717) is 6.29 Å². The van der Waals surface area contributed by atoms with Crippen LogP contribution in [0.3, 0.4) is 0 Å². The molecule has 4 heteroatoms. The van der Waals surface area contributed by atoms with Crippen LogP contribution in [0.1, 0.15) is 6.42 Å². The first-order valence-electron chi connectivity index (χ1n) is 2.38. The van der Waals surface area contributed by atoms with Crippen molar-refractivity contribution in [3.63, 3.8) is 0 Å². The summed E-state index contributed by atoms with van der Waals surface area (Å²) in [5.74, 6) is -0.566. The highest BCUT2D eigenvalue weighted by molar-refractivity contribution is 6.30. The molecule has 0 aliphatic carbocycles. The SMILES string of the molecule is COC(=O)C(Cl)CC=O. The van der Waals surface area contributed by atoms with Crippen LogP contribution in [0.5, 0.6) is 0 Å². The summed E-state index contributed by atoms with van der Waals surface area (Å²) in [5.41, 5.74) is 0. The van der Waals surface area contributed by atoms with Crippen molar-refractivity contribution >= 4 is 23.9 Å². The van der Waals surface area contributed by atoms with Gasteiger partial charge in [-0.15, -0.1) is 11.6 Å². The fraction of sp³-hybridized carbons (Fsp3) is 0.600. The largest absolute Gasteiger partial charge is 0.468 e. The number of hydrogen-bond acceptors (Lipinski definition) is 3. The number of alkyl halides is 1. The topological polar surface area (TPSA) is 43.4 Å². The van der Waals surface area contributed by atoms with Crippen LogP contribution in [0.15, 0.2) is 0 Å². The summed E-state index contributed by atoms with van der Waals surface area (Å²) in [6.07, 6.45) is 0.586. The van der Waals surface area contributed by atoms with E-state index in [9.17, 15) is 9.59 Å². The van der Waals surface area contributed by atoms with Crippen LogP contribution in [-0.4, -0.2) is 24.7 Å². The fourth-order valence-electron chi connectivity index (χ4n) is 0.309. The molecule has 1 atom stereocenters. The van der Waals surface area contributed by atoms with Crippen molar-refractivity contribution in [2.75, 3.05) is 7.11 Å². The quantitative estimate of drug-likeness (QED) is 0.331. The molecule has 0 spiro atoms. The first kappa shape index (κ1) is 8.43. The Bertz CT molecular complexity index is 113. The molecular weight excluding hydrogens is 144 g/mol. The Labute approximate surface area is 57.9 Å². The molecule has 0 heterocycles. The van der Waals surface area contributed by atoms with Gasteiger partial charge in [-0.1, -0.05) is 0 Å². The first-order chi connectivity index (χ1) is 4.22. The van der Waals surface area contributed by atoms with Gasteiger partial charge in [0.1, 0.15) is 11.7 Å². The number of esters is 1. The molecule has 0 aliphatic rings. The third-order valence-corrected chi connectivity index (χ3v) is 1.12. The molecule has 0 rings (SSSR count). The van der Waals surface area contributed by atoms with Crippen LogP contribution in [-0.2, 0) is 14.3 Å². The average Bonchev–Trinajstić information content (AvgIpc) is 1.87. The number of carbonyl (C=O) groups excluding carboxylic acids is 2. The van der Waals surface area contributed by atoms with E-state index in [1.807, 2.05) is 0 Å². The predicted molar refractivity (Wildman–Crippen MR) is 32.3 cm³/mol. The number of rotatable bonds is 3. The molecule has 0 bridgehead atoms. The van der Waals surface area contributed by atoms with Crippen LogP contribution in [0.4, 0.5) is 0 Å². The molecular formula is C5H7ClO3. The molecule has 0 aliphatic heterocycles. The van der Waals surface area contributed by atoms with Gasteiger partial charge in [0.15, 0.2) is 0 Å². The Morgan fingerprint density at radius 3 is 2.78 bits per heavy atom. The van der Waals surface area contributed by atoms with Crippen molar-refractivity contribution in [1.82, 2.24) is 0 Å². The van der Waals surface area contributed by atoms with E-state index in [1.165, 1.54) is 7.11 Å². The monoisotopic (exact) mass is 150 g/mol. The molecule has 0 N–H and O–H groups in total. The Balaban J connectivity index is 3.58. The third-order valence-electron chi connectivity index (χ3n) is 0.760. The zero-order valence-electron chi connectivity index (χ0n) is 4.96. The Morgan fingerprint density at radius 2 is 2.44 bits per heavy atom. The second-order valence-electron chi connectivity index (χ2n) is 1.39. The van der Waals surface area contributed by atoms with Gasteiger partial charge < -0.3 is 9.53 Å². The average molecular weight is 151 g/mol. The summed E-state index contributed by atoms with van der Waals surface area (Å²) in [4.78, 5) is 20.1. The molecule has 0 amide bonds. The molecule has 0 aromatic rings. The lowest BCUT2D eigenvalue weighted by Crippen LogP contribution is -2.16. The van der Waals surface area contributed by atoms with Gasteiger partial charge in [0.05, 0.1) is 7.11 Å². The molecule has 0 aromatic carbocycles. The van der Waals surface area contributed by atoms with Crippen molar-refractivity contribution in [2.24, 2.45) is 0 Å². The number of halogens is 1. The Hall–Kier alpha value is -0.570. The maximum absolute atomic E-state index is 10.4. The van der Waals surface area contributed by atoms with Gasteiger partial charge in [-0.05, 0) is 0 Å². The fourth-order valence-corrected chi connectivity index (χ4v) is 0.470. The van der Waals surface area contributed by atoms with Crippen molar-refractivity contribution in [3.05, 3.63) is 0 Å². The van der Waals surface area contributed by atoms with E-state index in [2.05, 4.69) is 4.74 Å². The van der Waals surface area contributed by atoms with Crippen molar-refractivity contribution in [3.8, 4) is 0 Å². The lowest BCUT2D eigenvalue weighted by atomic mass is 10.3. The molecule has 0 aromatic heterocycles. The molecule has 9 heavy (non-hydrogen) atoms. The van der Waals surface area contributed by atoms with Gasteiger partial charge in [0.25, 0.3) is 0 Å². The van der Waals surface area contributed by atoms with Crippen molar-refractivity contribution in [2.45, 2.75) is 11.8 Å². The summed E-state index contributed by atoms with van der Waals surface area (Å²) >= 11 is 5.33. The highest BCUT2D eigenvalue weighted by Crippen LogP contribution is 2.00. The smallest absolute Gasteiger partial charge is 0.324 e. The van der Waals surface area contributed by atoms with E-state index >= 15 is 0 Å². The second-order valence-corrected chi connectivity index (χ2v) is 1.92. The highest BCUT2D eigenvalue weighted by atomic mass is 35.5. The van der Waals surface area contributed by atoms with Crippen LogP contribution < -0.4 is 0 Å². The number of aldehydes is 1. The predicted octanol–water partition coefficient (Wildman–Crippen LogP) is 0.356. The molecule has 1 unspecified atom stereocenters. The maximum atomic E-state index is 10.4. The van der Waals surface area contributed by atoms with Gasteiger partial charge in [0.2, 0.25) is 0 Å². The normalized spacial score (nSPS) is 12.2.